The van der Waals surface area contributed by atoms with Gasteiger partial charge < -0.3 is 0 Å². The van der Waals surface area contributed by atoms with Gasteiger partial charge in [0.25, 0.3) is 0 Å². The Morgan fingerprint density at radius 3 is 1.88 bits per heavy atom. The van der Waals surface area contributed by atoms with E-state index in [1.54, 1.807) is 0 Å². The summed E-state index contributed by atoms with van der Waals surface area (Å²) in [7, 11) is 0. The summed E-state index contributed by atoms with van der Waals surface area (Å²) in [5.41, 5.74) is 23.4. The first-order valence-electron chi connectivity index (χ1n) is 25.9. The molecule has 7 aromatic rings. The van der Waals surface area contributed by atoms with E-state index in [9.17, 15) is 0 Å². The number of nitrogens with zero attached hydrogens (tertiary/aromatic N) is 1. The van der Waals surface area contributed by atoms with E-state index in [1.807, 2.05) is 6.07 Å². The summed E-state index contributed by atoms with van der Waals surface area (Å²) < 4.78 is 0. The van der Waals surface area contributed by atoms with Gasteiger partial charge in [-0.25, -0.2) is 0 Å². The van der Waals surface area contributed by atoms with Crippen LogP contribution in [0, 0.1) is 0 Å². The highest BCUT2D eigenvalue weighted by atomic mass is 14.8. The Labute approximate surface area is 430 Å². The molecule has 1 unspecified atom stereocenters. The Bertz CT molecular complexity index is 3270. The van der Waals surface area contributed by atoms with Crippen LogP contribution in [0.5, 0.6) is 0 Å². The summed E-state index contributed by atoms with van der Waals surface area (Å²) in [6.07, 6.45) is 26.1. The lowest BCUT2D eigenvalue weighted by Crippen LogP contribution is -2.34. The number of rotatable bonds is 13. The van der Waals surface area contributed by atoms with Gasteiger partial charge in [-0.15, -0.1) is 0 Å². The molecule has 0 radical (unpaired) electrons. The predicted molar refractivity (Wildman–Crippen MR) is 311 cm³/mol. The van der Waals surface area contributed by atoms with Gasteiger partial charge in [-0.3, -0.25) is 4.99 Å². The zero-order valence-electron chi connectivity index (χ0n) is 42.8. The molecule has 1 nitrogen and oxygen atoms in total. The predicted octanol–water partition coefficient (Wildman–Crippen LogP) is 19.3. The molecule has 0 saturated carbocycles. The van der Waals surface area contributed by atoms with Gasteiger partial charge in [0, 0.05) is 11.3 Å². The van der Waals surface area contributed by atoms with Crippen molar-refractivity contribution in [2.45, 2.75) is 78.1 Å². The monoisotopic (exact) mass is 934 g/mol. The van der Waals surface area contributed by atoms with Crippen LogP contribution in [0.4, 0.5) is 0 Å². The van der Waals surface area contributed by atoms with Gasteiger partial charge in [0.2, 0.25) is 0 Å². The van der Waals surface area contributed by atoms with E-state index in [4.69, 9.17) is 4.99 Å². The van der Waals surface area contributed by atoms with Crippen molar-refractivity contribution in [2.24, 2.45) is 4.99 Å². The average Bonchev–Trinajstić information content (AvgIpc) is 3.76. The summed E-state index contributed by atoms with van der Waals surface area (Å²) in [6.45, 7) is 15.4. The normalized spacial score (nSPS) is 16.6. The second-order valence-corrected chi connectivity index (χ2v) is 19.5. The smallest absolute Gasteiger partial charge is 0.0672 e. The highest BCUT2D eigenvalue weighted by Crippen LogP contribution is 2.58. The molecule has 0 aliphatic heterocycles. The standard InChI is InChI=1S/C56H51N.C15H16/c1-5-6-9-28-50-39-52-51(48-27-18-26-47(38-48)42(4)57-41(3)44-33-35-46(36-34-44)45-23-12-8-13-24-45)29-19-32-55(52)56(50,53-30-16-14-20-40(53)2)54-31-17-15-25-49(54)37-43-21-10-7-11-22-43;1-12(2)13-8-10-15(11-9-13)14-6-4-3-5-7-14/h5-14,17-24,26-29,31-36,38-39H,4,15-16,25,30,37H2,1-3H3;3-12H,1-2H3/b6-5-,28-9-,57-41?;. The molecule has 10 rings (SSSR count). The first-order chi connectivity index (χ1) is 35.2. The Hall–Kier alpha value is -7.87. The van der Waals surface area contributed by atoms with Crippen molar-refractivity contribution in [3.8, 4) is 33.4 Å². The van der Waals surface area contributed by atoms with Gasteiger partial charge in [-0.2, -0.15) is 0 Å². The van der Waals surface area contributed by atoms with Crippen molar-refractivity contribution in [3.05, 3.63) is 298 Å². The minimum Gasteiger partial charge on any atom is -0.253 e. The molecule has 3 aliphatic carbocycles. The van der Waals surface area contributed by atoms with Crippen LogP contribution in [0.3, 0.4) is 0 Å². The summed E-state index contributed by atoms with van der Waals surface area (Å²) in [5.74, 6) is 0.606. The molecular formula is C71H67N. The van der Waals surface area contributed by atoms with E-state index >= 15 is 0 Å². The first kappa shape index (κ1) is 49.1. The highest BCUT2D eigenvalue weighted by molar-refractivity contribution is 6.02. The van der Waals surface area contributed by atoms with Gasteiger partial charge in [0.1, 0.15) is 0 Å². The van der Waals surface area contributed by atoms with Crippen LogP contribution in [0.1, 0.15) is 99.6 Å². The maximum Gasteiger partial charge on any atom is 0.0672 e. The fraction of sp³-hybridized carbons (Fsp3) is 0.169. The zero-order chi connectivity index (χ0) is 49.9. The average molecular weight is 934 g/mol. The molecule has 0 fully saturated rings. The molecule has 7 aromatic carbocycles. The molecule has 356 valence electrons. The van der Waals surface area contributed by atoms with Crippen molar-refractivity contribution >= 4 is 17.5 Å². The second kappa shape index (κ2) is 22.9. The summed E-state index contributed by atoms with van der Waals surface area (Å²) in [4.78, 5) is 5.05. The molecular weight excluding hydrogens is 867 g/mol. The Morgan fingerprint density at radius 2 is 1.22 bits per heavy atom. The fourth-order valence-electron chi connectivity index (χ4n) is 10.8. The molecule has 3 aliphatic rings. The Kier molecular flexibility index (Phi) is 15.6. The molecule has 1 heteroatoms. The van der Waals surface area contributed by atoms with Crippen LogP contribution in [0.15, 0.2) is 270 Å². The minimum absolute atomic E-state index is 0.405. The zero-order valence-corrected chi connectivity index (χ0v) is 42.8. The van der Waals surface area contributed by atoms with Crippen molar-refractivity contribution < 1.29 is 0 Å². The third kappa shape index (κ3) is 10.7. The molecule has 0 saturated heterocycles. The topological polar surface area (TPSA) is 12.4 Å². The number of allylic oxidation sites excluding steroid dienone is 13. The Balaban J connectivity index is 0.000000364. The molecule has 0 amide bonds. The van der Waals surface area contributed by atoms with Crippen molar-refractivity contribution in [3.63, 3.8) is 0 Å². The van der Waals surface area contributed by atoms with E-state index in [0.29, 0.717) is 5.92 Å². The third-order valence-electron chi connectivity index (χ3n) is 14.5. The van der Waals surface area contributed by atoms with Crippen molar-refractivity contribution in [1.82, 2.24) is 0 Å². The third-order valence-corrected chi connectivity index (χ3v) is 14.5. The maximum atomic E-state index is 5.05. The number of benzene rings is 7. The number of hydrogen-bond acceptors (Lipinski definition) is 1. The number of fused-ring (bicyclic) bond motifs is 1. The number of hydrogen-bond donors (Lipinski definition) is 0. The van der Waals surface area contributed by atoms with Gasteiger partial charge in [-0.1, -0.05) is 256 Å². The molecule has 0 aromatic heterocycles. The SMILES string of the molecule is C=C(N=C(C)c1ccc(-c2ccccc2)cc1)c1cccc(-c2cccc3c2C=C(/C=C\C=C/C)C3(C2=C(Cc3ccccc3)CCC=C2)C2=C(C)C=CCC2)c1.CC(C)c1ccc(-c2ccccc2)cc1. The van der Waals surface area contributed by atoms with Crippen LogP contribution >= 0.6 is 0 Å². The van der Waals surface area contributed by atoms with Crippen molar-refractivity contribution in [2.75, 3.05) is 0 Å². The summed E-state index contributed by atoms with van der Waals surface area (Å²) in [6, 6.07) is 65.2. The lowest BCUT2D eigenvalue weighted by Gasteiger charge is -2.42. The summed E-state index contributed by atoms with van der Waals surface area (Å²) >= 11 is 0. The minimum atomic E-state index is -0.405. The van der Waals surface area contributed by atoms with Gasteiger partial charge in [0.15, 0.2) is 0 Å². The molecule has 0 spiro atoms. The van der Waals surface area contributed by atoms with Crippen LogP contribution in [0.25, 0.3) is 45.2 Å². The molecule has 0 heterocycles. The molecule has 0 N–H and O–H groups in total. The quantitative estimate of drug-likeness (QED) is 0.0807. The Morgan fingerprint density at radius 1 is 0.625 bits per heavy atom. The van der Waals surface area contributed by atoms with Crippen LogP contribution in [-0.2, 0) is 11.8 Å². The lowest BCUT2D eigenvalue weighted by molar-refractivity contribution is 0.656. The molecule has 72 heavy (non-hydrogen) atoms. The van der Waals surface area contributed by atoms with E-state index in [1.165, 1.54) is 83.5 Å². The second-order valence-electron chi connectivity index (χ2n) is 19.5. The first-order valence-corrected chi connectivity index (χ1v) is 25.9. The lowest BCUT2D eigenvalue weighted by atomic mass is 9.60. The van der Waals surface area contributed by atoms with Crippen LogP contribution in [-0.4, -0.2) is 5.71 Å². The van der Waals surface area contributed by atoms with Crippen molar-refractivity contribution in [1.29, 1.82) is 0 Å². The van der Waals surface area contributed by atoms with Gasteiger partial charge in [-0.05, 0) is 149 Å². The van der Waals surface area contributed by atoms with Gasteiger partial charge >= 0.3 is 0 Å². The highest BCUT2D eigenvalue weighted by Gasteiger charge is 2.48. The molecule has 0 bridgehead atoms. The van der Waals surface area contributed by atoms with Gasteiger partial charge in [0.05, 0.1) is 11.1 Å². The largest absolute Gasteiger partial charge is 0.253 e. The van der Waals surface area contributed by atoms with E-state index in [-0.39, 0.29) is 0 Å². The van der Waals surface area contributed by atoms with Crippen LogP contribution in [0.2, 0.25) is 0 Å². The fourth-order valence-corrected chi connectivity index (χ4v) is 10.8. The van der Waals surface area contributed by atoms with E-state index in [0.717, 1.165) is 54.6 Å². The number of aliphatic imine (C=N–C) groups is 1. The maximum absolute atomic E-state index is 5.05. The molecule has 1 atom stereocenters. The summed E-state index contributed by atoms with van der Waals surface area (Å²) in [5, 5.41) is 0. The van der Waals surface area contributed by atoms with Crippen LogP contribution < -0.4 is 0 Å². The van der Waals surface area contributed by atoms with E-state index < -0.39 is 5.41 Å². The van der Waals surface area contributed by atoms with E-state index in [2.05, 4.69) is 272 Å².